The number of thiazole rings is 1. The van der Waals surface area contributed by atoms with Gasteiger partial charge in [0.1, 0.15) is 10.8 Å². The largest absolute Gasteiger partial charge is 0.497 e. The van der Waals surface area contributed by atoms with Crippen molar-refractivity contribution >= 4 is 23.0 Å². The molecule has 1 aromatic heterocycles. The Bertz CT molecular complexity index is 604. The third-order valence-corrected chi connectivity index (χ3v) is 3.76. The Morgan fingerprint density at radius 3 is 2.67 bits per heavy atom. The number of methoxy groups -OCH3 is 1. The van der Waals surface area contributed by atoms with Gasteiger partial charge in [-0.3, -0.25) is 0 Å². The second-order valence-corrected chi connectivity index (χ2v) is 5.82. The van der Waals surface area contributed by atoms with Crippen LogP contribution in [-0.2, 0) is 6.54 Å². The van der Waals surface area contributed by atoms with Crippen LogP contribution in [0.2, 0.25) is 0 Å². The zero-order valence-electron chi connectivity index (χ0n) is 12.5. The predicted molar refractivity (Wildman–Crippen MR) is 88.1 cm³/mol. The molecule has 0 amide bonds. The summed E-state index contributed by atoms with van der Waals surface area (Å²) in [5.74, 6) is 1.62. The minimum atomic E-state index is 0.376. The molecular weight excluding hydrogens is 284 g/mol. The minimum Gasteiger partial charge on any atom is -0.497 e. The molecule has 112 valence electrons. The maximum atomic E-state index is 5.88. The van der Waals surface area contributed by atoms with Gasteiger partial charge in [0.2, 0.25) is 0 Å². The van der Waals surface area contributed by atoms with E-state index in [4.69, 9.17) is 10.5 Å². The van der Waals surface area contributed by atoms with Crippen molar-refractivity contribution in [2.45, 2.75) is 26.3 Å². The highest BCUT2D eigenvalue weighted by Gasteiger charge is 2.05. The number of aromatic nitrogens is 1. The molecule has 0 fully saturated rings. The van der Waals surface area contributed by atoms with Crippen LogP contribution in [0, 0.1) is 0 Å². The van der Waals surface area contributed by atoms with Crippen molar-refractivity contribution in [3.05, 3.63) is 40.3 Å². The molecule has 0 spiro atoms. The Hall–Kier alpha value is -2.08. The lowest BCUT2D eigenvalue weighted by atomic mass is 10.2. The molecule has 2 rings (SSSR count). The summed E-state index contributed by atoms with van der Waals surface area (Å²) in [4.78, 5) is 8.83. The summed E-state index contributed by atoms with van der Waals surface area (Å²) >= 11 is 1.61. The summed E-state index contributed by atoms with van der Waals surface area (Å²) in [7, 11) is 1.64. The standard InChI is InChI=1S/C15H20N4OS/c1-10(2)13-9-21-14(19-13)8-17-15(16)18-11-4-6-12(20-3)7-5-11/h4-7,9-10H,8H2,1-3H3,(H3,16,17,18). The van der Waals surface area contributed by atoms with Gasteiger partial charge in [0.05, 0.1) is 19.3 Å². The van der Waals surface area contributed by atoms with Gasteiger partial charge < -0.3 is 15.8 Å². The molecule has 0 saturated carbocycles. The molecule has 21 heavy (non-hydrogen) atoms. The summed E-state index contributed by atoms with van der Waals surface area (Å²) in [6.07, 6.45) is 0. The van der Waals surface area contributed by atoms with Crippen molar-refractivity contribution in [1.29, 1.82) is 0 Å². The monoisotopic (exact) mass is 304 g/mol. The molecule has 0 radical (unpaired) electrons. The summed E-state index contributed by atoms with van der Waals surface area (Å²) in [5.41, 5.74) is 7.85. The van der Waals surface area contributed by atoms with Crippen molar-refractivity contribution < 1.29 is 4.74 Å². The molecule has 0 bridgehead atoms. The number of hydrogen-bond acceptors (Lipinski definition) is 4. The summed E-state index contributed by atoms with van der Waals surface area (Å²) in [6, 6.07) is 7.51. The lowest BCUT2D eigenvalue weighted by molar-refractivity contribution is 0.415. The zero-order chi connectivity index (χ0) is 15.2. The van der Waals surface area contributed by atoms with Crippen LogP contribution < -0.4 is 15.8 Å². The van der Waals surface area contributed by atoms with Crippen molar-refractivity contribution in [2.24, 2.45) is 10.7 Å². The lowest BCUT2D eigenvalue weighted by Crippen LogP contribution is -2.22. The van der Waals surface area contributed by atoms with Crippen molar-refractivity contribution in [1.82, 2.24) is 4.98 Å². The highest BCUT2D eigenvalue weighted by Crippen LogP contribution is 2.18. The van der Waals surface area contributed by atoms with E-state index in [-0.39, 0.29) is 0 Å². The fraction of sp³-hybridized carbons (Fsp3) is 0.333. The molecule has 0 aliphatic heterocycles. The van der Waals surface area contributed by atoms with Crippen LogP contribution in [-0.4, -0.2) is 18.1 Å². The van der Waals surface area contributed by atoms with Gasteiger partial charge >= 0.3 is 0 Å². The van der Waals surface area contributed by atoms with Crippen LogP contribution in [0.25, 0.3) is 0 Å². The number of anilines is 1. The van der Waals surface area contributed by atoms with E-state index in [0.717, 1.165) is 22.1 Å². The molecule has 1 heterocycles. The van der Waals surface area contributed by atoms with E-state index in [1.807, 2.05) is 24.3 Å². The number of ether oxygens (including phenoxy) is 1. The third kappa shape index (κ3) is 4.46. The fourth-order valence-corrected chi connectivity index (χ4v) is 2.56. The molecule has 2 aromatic rings. The number of nitrogens with two attached hydrogens (primary N) is 1. The first kappa shape index (κ1) is 15.3. The van der Waals surface area contributed by atoms with Crippen molar-refractivity contribution in [3.8, 4) is 5.75 Å². The normalized spacial score (nSPS) is 11.7. The maximum absolute atomic E-state index is 5.88. The van der Waals surface area contributed by atoms with Crippen LogP contribution in [0.1, 0.15) is 30.5 Å². The Balaban J connectivity index is 1.93. The Morgan fingerprint density at radius 1 is 1.38 bits per heavy atom. The van der Waals surface area contributed by atoms with Gasteiger partial charge in [0, 0.05) is 11.1 Å². The summed E-state index contributed by atoms with van der Waals surface area (Å²) < 4.78 is 5.10. The summed E-state index contributed by atoms with van der Waals surface area (Å²) in [5, 5.41) is 6.08. The van der Waals surface area contributed by atoms with Crippen LogP contribution in [0.3, 0.4) is 0 Å². The topological polar surface area (TPSA) is 72.5 Å². The average molecular weight is 304 g/mol. The van der Waals surface area contributed by atoms with E-state index in [1.54, 1.807) is 18.4 Å². The van der Waals surface area contributed by atoms with Crippen LogP contribution in [0.5, 0.6) is 5.75 Å². The predicted octanol–water partition coefficient (Wildman–Crippen LogP) is 3.20. The molecular formula is C15H20N4OS. The van der Waals surface area contributed by atoms with E-state index < -0.39 is 0 Å². The second-order valence-electron chi connectivity index (χ2n) is 4.88. The molecule has 0 atom stereocenters. The fourth-order valence-electron chi connectivity index (χ4n) is 1.68. The number of nitrogens with one attached hydrogen (secondary N) is 1. The number of aliphatic imine (C=N–C) groups is 1. The Kier molecular flexibility index (Phi) is 5.16. The van der Waals surface area contributed by atoms with Crippen LogP contribution in [0.4, 0.5) is 5.69 Å². The first-order chi connectivity index (χ1) is 10.1. The van der Waals surface area contributed by atoms with Gasteiger partial charge in [-0.25, -0.2) is 9.98 Å². The summed E-state index contributed by atoms with van der Waals surface area (Å²) in [6.45, 7) is 4.75. The number of hydrogen-bond donors (Lipinski definition) is 2. The van der Waals surface area contributed by atoms with E-state index >= 15 is 0 Å². The van der Waals surface area contributed by atoms with Gasteiger partial charge in [-0.15, -0.1) is 11.3 Å². The van der Waals surface area contributed by atoms with Gasteiger partial charge in [-0.1, -0.05) is 13.8 Å². The Morgan fingerprint density at radius 2 is 2.10 bits per heavy atom. The van der Waals surface area contributed by atoms with Gasteiger partial charge in [-0.05, 0) is 30.2 Å². The van der Waals surface area contributed by atoms with Gasteiger partial charge in [0.15, 0.2) is 5.96 Å². The molecule has 3 N–H and O–H groups in total. The third-order valence-electron chi connectivity index (χ3n) is 2.91. The second kappa shape index (κ2) is 7.08. The number of nitrogens with zero attached hydrogens (tertiary/aromatic N) is 2. The van der Waals surface area contributed by atoms with Crippen molar-refractivity contribution in [2.75, 3.05) is 12.4 Å². The van der Waals surface area contributed by atoms with Gasteiger partial charge in [-0.2, -0.15) is 0 Å². The minimum absolute atomic E-state index is 0.376. The average Bonchev–Trinajstić information content (AvgIpc) is 2.95. The van der Waals surface area contributed by atoms with E-state index in [0.29, 0.717) is 18.4 Å². The molecule has 6 heteroatoms. The number of rotatable bonds is 5. The molecule has 1 aromatic carbocycles. The number of guanidine groups is 1. The molecule has 0 saturated heterocycles. The highest BCUT2D eigenvalue weighted by molar-refractivity contribution is 7.09. The smallest absolute Gasteiger partial charge is 0.193 e. The lowest BCUT2D eigenvalue weighted by Gasteiger charge is -2.06. The van der Waals surface area contributed by atoms with E-state index in [1.165, 1.54) is 0 Å². The first-order valence-corrected chi connectivity index (χ1v) is 7.61. The maximum Gasteiger partial charge on any atom is 0.193 e. The number of benzene rings is 1. The van der Waals surface area contributed by atoms with Gasteiger partial charge in [0.25, 0.3) is 0 Å². The Labute approximate surface area is 128 Å². The first-order valence-electron chi connectivity index (χ1n) is 6.73. The highest BCUT2D eigenvalue weighted by atomic mass is 32.1. The van der Waals surface area contributed by atoms with E-state index in [2.05, 4.69) is 34.5 Å². The van der Waals surface area contributed by atoms with Crippen molar-refractivity contribution in [3.63, 3.8) is 0 Å². The molecule has 0 aliphatic rings. The molecule has 0 unspecified atom stereocenters. The quantitative estimate of drug-likeness (QED) is 0.657. The van der Waals surface area contributed by atoms with Crippen LogP contribution >= 0.6 is 11.3 Å². The SMILES string of the molecule is COc1ccc(NC(N)=NCc2nc(C(C)C)cs2)cc1. The van der Waals surface area contributed by atoms with Crippen LogP contribution in [0.15, 0.2) is 34.6 Å². The zero-order valence-corrected chi connectivity index (χ0v) is 13.3. The molecule has 0 aliphatic carbocycles. The van der Waals surface area contributed by atoms with E-state index in [9.17, 15) is 0 Å². The molecule has 5 nitrogen and oxygen atoms in total.